The fourth-order valence-electron chi connectivity index (χ4n) is 2.61. The van der Waals surface area contributed by atoms with Crippen LogP contribution in [0.2, 0.25) is 0 Å². The van der Waals surface area contributed by atoms with Crippen molar-refractivity contribution in [1.29, 1.82) is 0 Å². The molecule has 0 saturated carbocycles. The Labute approximate surface area is 148 Å². The summed E-state index contributed by atoms with van der Waals surface area (Å²) >= 11 is 3.38. The third-order valence-electron chi connectivity index (χ3n) is 3.86. The van der Waals surface area contributed by atoms with Gasteiger partial charge in [0.1, 0.15) is 11.5 Å². The fraction of sp³-hybridized carbons (Fsp3) is 0.222. The van der Waals surface area contributed by atoms with Crippen LogP contribution in [0.25, 0.3) is 0 Å². The monoisotopic (exact) mass is 389 g/mol. The fourth-order valence-corrected chi connectivity index (χ4v) is 2.88. The van der Waals surface area contributed by atoms with Crippen LogP contribution in [-0.4, -0.2) is 25.5 Å². The van der Waals surface area contributed by atoms with Crippen LogP contribution >= 0.6 is 15.9 Å². The van der Waals surface area contributed by atoms with Crippen LogP contribution in [0.3, 0.4) is 0 Å². The van der Waals surface area contributed by atoms with Gasteiger partial charge in [0.25, 0.3) is 0 Å². The first-order valence-corrected chi connectivity index (χ1v) is 8.28. The zero-order chi connectivity index (χ0) is 17.1. The Morgan fingerprint density at radius 3 is 2.25 bits per heavy atom. The summed E-state index contributed by atoms with van der Waals surface area (Å²) < 4.78 is 11.5. The van der Waals surface area contributed by atoms with E-state index in [1.807, 2.05) is 36.4 Å². The first kappa shape index (κ1) is 16.5. The van der Waals surface area contributed by atoms with Crippen LogP contribution in [0, 0.1) is 5.92 Å². The van der Waals surface area contributed by atoms with Gasteiger partial charge in [-0.25, -0.2) is 0 Å². The van der Waals surface area contributed by atoms with E-state index in [9.17, 15) is 9.59 Å². The van der Waals surface area contributed by atoms with Gasteiger partial charge < -0.3 is 14.4 Å². The molecule has 1 atom stereocenters. The van der Waals surface area contributed by atoms with Gasteiger partial charge in [0.15, 0.2) is 0 Å². The number of carbonyl (C=O) groups excluding carboxylic acids is 2. The van der Waals surface area contributed by atoms with Gasteiger partial charge in [-0.3, -0.25) is 9.59 Å². The van der Waals surface area contributed by atoms with Crippen LogP contribution in [0.1, 0.15) is 6.42 Å². The number of benzene rings is 2. The lowest BCUT2D eigenvalue weighted by Crippen LogP contribution is -2.26. The Kier molecular flexibility index (Phi) is 4.85. The maximum Gasteiger partial charge on any atom is 0.311 e. The molecule has 1 amide bonds. The highest BCUT2D eigenvalue weighted by atomic mass is 79.9. The van der Waals surface area contributed by atoms with Crippen LogP contribution in [0.5, 0.6) is 11.5 Å². The highest BCUT2D eigenvalue weighted by molar-refractivity contribution is 9.10. The van der Waals surface area contributed by atoms with Gasteiger partial charge >= 0.3 is 5.97 Å². The highest BCUT2D eigenvalue weighted by Crippen LogP contribution is 2.29. The van der Waals surface area contributed by atoms with E-state index in [0.29, 0.717) is 12.3 Å². The smallest absolute Gasteiger partial charge is 0.311 e. The molecule has 6 heteroatoms. The van der Waals surface area contributed by atoms with Gasteiger partial charge in [0, 0.05) is 23.1 Å². The van der Waals surface area contributed by atoms with E-state index in [0.717, 1.165) is 15.9 Å². The minimum atomic E-state index is -0.402. The van der Waals surface area contributed by atoms with Crippen molar-refractivity contribution in [3.05, 3.63) is 53.0 Å². The Morgan fingerprint density at radius 2 is 1.67 bits per heavy atom. The lowest BCUT2D eigenvalue weighted by Gasteiger charge is -2.17. The lowest BCUT2D eigenvalue weighted by molar-refractivity contribution is -0.145. The number of carbonyl (C=O) groups is 2. The van der Waals surface area contributed by atoms with Gasteiger partial charge in [-0.05, 0) is 48.5 Å². The molecule has 1 aliphatic heterocycles. The van der Waals surface area contributed by atoms with Crippen molar-refractivity contribution in [2.45, 2.75) is 6.42 Å². The van der Waals surface area contributed by atoms with E-state index in [4.69, 9.17) is 9.47 Å². The first-order valence-electron chi connectivity index (χ1n) is 7.48. The van der Waals surface area contributed by atoms with Crippen LogP contribution in [0.15, 0.2) is 53.0 Å². The topological polar surface area (TPSA) is 55.8 Å². The number of halogens is 1. The van der Waals surface area contributed by atoms with E-state index in [1.54, 1.807) is 17.0 Å². The van der Waals surface area contributed by atoms with E-state index in [1.165, 1.54) is 7.11 Å². The van der Waals surface area contributed by atoms with E-state index >= 15 is 0 Å². The predicted molar refractivity (Wildman–Crippen MR) is 93.1 cm³/mol. The van der Waals surface area contributed by atoms with E-state index in [2.05, 4.69) is 15.9 Å². The molecule has 124 valence electrons. The summed E-state index contributed by atoms with van der Waals surface area (Å²) in [5.74, 6) is 0.584. The van der Waals surface area contributed by atoms with Crippen molar-refractivity contribution >= 4 is 33.5 Å². The van der Waals surface area contributed by atoms with Gasteiger partial charge in [-0.15, -0.1) is 0 Å². The molecule has 0 N–H and O–H groups in total. The Hall–Kier alpha value is -2.34. The zero-order valence-electron chi connectivity index (χ0n) is 13.1. The van der Waals surface area contributed by atoms with Crippen molar-refractivity contribution in [2.75, 3.05) is 18.6 Å². The first-order chi connectivity index (χ1) is 11.6. The molecule has 0 bridgehead atoms. The van der Waals surface area contributed by atoms with Crippen molar-refractivity contribution in [2.24, 2.45) is 5.92 Å². The number of hydrogen-bond donors (Lipinski definition) is 0. The molecule has 1 unspecified atom stereocenters. The second kappa shape index (κ2) is 7.05. The molecule has 1 aliphatic rings. The summed E-state index contributed by atoms with van der Waals surface area (Å²) in [6, 6.07) is 14.8. The molecule has 0 spiro atoms. The van der Waals surface area contributed by atoms with Gasteiger partial charge in [0.05, 0.1) is 13.0 Å². The Bertz CT molecular complexity index is 743. The number of hydrogen-bond acceptors (Lipinski definition) is 4. The lowest BCUT2D eigenvalue weighted by atomic mass is 10.1. The normalized spacial score (nSPS) is 17.0. The third-order valence-corrected chi connectivity index (χ3v) is 4.39. The summed E-state index contributed by atoms with van der Waals surface area (Å²) in [5, 5.41) is 0. The van der Waals surface area contributed by atoms with Gasteiger partial charge in [0.2, 0.25) is 5.91 Å². The third kappa shape index (κ3) is 3.59. The van der Waals surface area contributed by atoms with Gasteiger partial charge in [-0.1, -0.05) is 15.9 Å². The molecule has 1 saturated heterocycles. The summed E-state index contributed by atoms with van der Waals surface area (Å²) in [6.07, 6.45) is 0.184. The molecule has 0 radical (unpaired) electrons. The molecule has 0 aliphatic carbocycles. The summed E-state index contributed by atoms with van der Waals surface area (Å²) in [4.78, 5) is 25.3. The molecular formula is C18H16BrNO4. The van der Waals surface area contributed by atoms with Crippen LogP contribution in [-0.2, 0) is 14.3 Å². The minimum absolute atomic E-state index is 0.0769. The van der Waals surface area contributed by atoms with E-state index < -0.39 is 5.92 Å². The second-order valence-electron chi connectivity index (χ2n) is 5.48. The molecule has 0 aromatic heterocycles. The van der Waals surface area contributed by atoms with Crippen LogP contribution < -0.4 is 9.64 Å². The highest BCUT2D eigenvalue weighted by Gasteiger charge is 2.35. The molecule has 1 fully saturated rings. The minimum Gasteiger partial charge on any atom is -0.469 e. The van der Waals surface area contributed by atoms with Crippen LogP contribution in [0.4, 0.5) is 5.69 Å². The number of anilines is 1. The van der Waals surface area contributed by atoms with Crippen molar-refractivity contribution in [3.8, 4) is 11.5 Å². The molecule has 2 aromatic rings. The summed E-state index contributed by atoms with van der Waals surface area (Å²) in [6.45, 7) is 0.346. The van der Waals surface area contributed by atoms with Crippen molar-refractivity contribution < 1.29 is 19.1 Å². The Morgan fingerprint density at radius 1 is 1.08 bits per heavy atom. The number of nitrogens with zero attached hydrogens (tertiary/aromatic N) is 1. The molecular weight excluding hydrogens is 374 g/mol. The predicted octanol–water partition coefficient (Wildman–Crippen LogP) is 3.77. The molecule has 24 heavy (non-hydrogen) atoms. The van der Waals surface area contributed by atoms with Crippen molar-refractivity contribution in [1.82, 2.24) is 0 Å². The SMILES string of the molecule is COC(=O)C1CC(=O)N(c2ccc(Oc3ccc(Br)cc3)cc2)C1. The molecule has 2 aromatic carbocycles. The average Bonchev–Trinajstić information content (AvgIpc) is 2.99. The molecule has 5 nitrogen and oxygen atoms in total. The number of rotatable bonds is 4. The quantitative estimate of drug-likeness (QED) is 0.746. The summed E-state index contributed by atoms with van der Waals surface area (Å²) in [7, 11) is 1.34. The number of esters is 1. The average molecular weight is 390 g/mol. The molecule has 3 rings (SSSR count). The Balaban J connectivity index is 1.69. The maximum absolute atomic E-state index is 12.1. The van der Waals surface area contributed by atoms with E-state index in [-0.39, 0.29) is 18.3 Å². The number of methoxy groups -OCH3 is 1. The molecule has 1 heterocycles. The largest absolute Gasteiger partial charge is 0.469 e. The standard InChI is InChI=1S/C18H16BrNO4/c1-23-18(22)12-10-17(21)20(11-12)14-4-8-16(9-5-14)24-15-6-2-13(19)3-7-15/h2-9,12H,10-11H2,1H3. The van der Waals surface area contributed by atoms with Gasteiger partial charge in [-0.2, -0.15) is 0 Å². The van der Waals surface area contributed by atoms with Crippen molar-refractivity contribution in [3.63, 3.8) is 0 Å². The number of amides is 1. The maximum atomic E-state index is 12.1. The summed E-state index contributed by atoms with van der Waals surface area (Å²) in [5.41, 5.74) is 0.745. The number of ether oxygens (including phenoxy) is 2. The second-order valence-corrected chi connectivity index (χ2v) is 6.39. The zero-order valence-corrected chi connectivity index (χ0v) is 14.7.